The predicted molar refractivity (Wildman–Crippen MR) is 79.4 cm³/mol. The van der Waals surface area contributed by atoms with Crippen molar-refractivity contribution in [1.82, 2.24) is 0 Å². The molecule has 0 rings (SSSR count). The first-order valence-electron chi connectivity index (χ1n) is 7.04. The van der Waals surface area contributed by atoms with Crippen LogP contribution in [0.3, 0.4) is 0 Å². The summed E-state index contributed by atoms with van der Waals surface area (Å²) in [6.45, 7) is 13.4. The summed E-state index contributed by atoms with van der Waals surface area (Å²) in [6, 6.07) is 0. The van der Waals surface area contributed by atoms with Crippen LogP contribution < -0.4 is 0 Å². The van der Waals surface area contributed by atoms with Gasteiger partial charge in [0.2, 0.25) is 9.04 Å². The van der Waals surface area contributed by atoms with E-state index in [4.69, 9.17) is 4.43 Å². The van der Waals surface area contributed by atoms with E-state index in [0.717, 1.165) is 0 Å². The van der Waals surface area contributed by atoms with Gasteiger partial charge in [-0.2, -0.15) is 0 Å². The molecule has 0 aromatic rings. The van der Waals surface area contributed by atoms with E-state index in [1.54, 1.807) is 0 Å². The first-order chi connectivity index (χ1) is 7.88. The van der Waals surface area contributed by atoms with Crippen LogP contribution in [0.1, 0.15) is 59.8 Å². The number of hydrogen-bond donors (Lipinski definition) is 0. The van der Waals surface area contributed by atoms with Gasteiger partial charge in [0.15, 0.2) is 0 Å². The summed E-state index contributed by atoms with van der Waals surface area (Å²) in [7, 11) is -0.995. The van der Waals surface area contributed by atoms with Crippen molar-refractivity contribution in [3.8, 4) is 12.0 Å². The number of unbranched alkanes of at least 4 members (excludes halogenated alkanes) is 3. The highest BCUT2D eigenvalue weighted by Gasteiger charge is 2.22. The Bertz CT molecular complexity index is 242. The minimum Gasteiger partial charge on any atom is -0.505 e. The number of hydrogen-bond acceptors (Lipinski definition) is 1. The third-order valence-corrected chi connectivity index (χ3v) is 3.51. The molecule has 0 aliphatic carbocycles. The highest BCUT2D eigenvalue weighted by Crippen LogP contribution is 2.29. The lowest BCUT2D eigenvalue weighted by Crippen LogP contribution is -2.19. The average molecular weight is 254 g/mol. The molecule has 0 radical (unpaired) electrons. The molecule has 0 aromatic heterocycles. The lowest BCUT2D eigenvalue weighted by molar-refractivity contribution is 0.280. The van der Waals surface area contributed by atoms with Gasteiger partial charge in [-0.1, -0.05) is 59.3 Å². The molecule has 1 nitrogen and oxygen atoms in total. The lowest BCUT2D eigenvalue weighted by atomic mass is 9.78. The zero-order valence-electron chi connectivity index (χ0n) is 12.6. The lowest BCUT2D eigenvalue weighted by Gasteiger charge is -2.26. The molecule has 0 amide bonds. The Morgan fingerprint density at radius 2 is 1.76 bits per heavy atom. The van der Waals surface area contributed by atoms with Crippen LogP contribution in [0.15, 0.2) is 0 Å². The van der Waals surface area contributed by atoms with E-state index >= 15 is 0 Å². The molecule has 0 aliphatic heterocycles. The van der Waals surface area contributed by atoms with Crippen molar-refractivity contribution in [2.45, 2.75) is 72.9 Å². The van der Waals surface area contributed by atoms with Gasteiger partial charge in [-0.15, -0.1) is 0 Å². The van der Waals surface area contributed by atoms with Gasteiger partial charge >= 0.3 is 0 Å². The summed E-state index contributed by atoms with van der Waals surface area (Å²) in [5.41, 5.74) is 0.265. The first kappa shape index (κ1) is 16.6. The summed E-state index contributed by atoms with van der Waals surface area (Å²) in [5, 5.41) is 0. The van der Waals surface area contributed by atoms with Gasteiger partial charge in [0.05, 0.1) is 6.11 Å². The number of rotatable bonds is 6. The summed E-state index contributed by atoms with van der Waals surface area (Å²) < 4.78 is 5.47. The van der Waals surface area contributed by atoms with Crippen LogP contribution in [0.5, 0.6) is 0 Å². The monoisotopic (exact) mass is 254 g/mol. The van der Waals surface area contributed by atoms with E-state index in [-0.39, 0.29) is 5.41 Å². The highest BCUT2D eigenvalue weighted by atomic mass is 28.3. The van der Waals surface area contributed by atoms with Gasteiger partial charge in [-0.05, 0) is 24.9 Å². The van der Waals surface area contributed by atoms with E-state index in [1.165, 1.54) is 32.1 Å². The zero-order chi connectivity index (χ0) is 13.3. The first-order valence-corrected chi connectivity index (χ1v) is 9.82. The average Bonchev–Trinajstić information content (AvgIpc) is 2.19. The highest BCUT2D eigenvalue weighted by molar-refractivity contribution is 6.48. The fourth-order valence-corrected chi connectivity index (χ4v) is 2.02. The van der Waals surface area contributed by atoms with Crippen LogP contribution in [0.2, 0.25) is 13.1 Å². The van der Waals surface area contributed by atoms with Crippen LogP contribution in [0, 0.1) is 23.4 Å². The zero-order valence-corrected chi connectivity index (χ0v) is 13.8. The molecule has 2 heteroatoms. The van der Waals surface area contributed by atoms with Gasteiger partial charge in [-0.3, -0.25) is 0 Å². The maximum absolute atomic E-state index is 5.47. The third kappa shape index (κ3) is 9.29. The van der Waals surface area contributed by atoms with Gasteiger partial charge < -0.3 is 4.43 Å². The van der Waals surface area contributed by atoms with Crippen molar-refractivity contribution in [2.24, 2.45) is 11.3 Å². The van der Waals surface area contributed by atoms with Crippen LogP contribution in [-0.2, 0) is 4.43 Å². The Morgan fingerprint density at radius 3 is 2.24 bits per heavy atom. The maximum Gasteiger partial charge on any atom is 0.244 e. The Kier molecular flexibility index (Phi) is 8.42. The van der Waals surface area contributed by atoms with Crippen molar-refractivity contribution in [3.05, 3.63) is 0 Å². The maximum atomic E-state index is 5.47. The summed E-state index contributed by atoms with van der Waals surface area (Å²) in [4.78, 5) is 0. The molecular formula is C15H30OSi. The Balaban J connectivity index is 4.19. The second-order valence-electron chi connectivity index (χ2n) is 6.18. The summed E-state index contributed by atoms with van der Waals surface area (Å²) in [6.07, 6.45) is 9.43. The quantitative estimate of drug-likeness (QED) is 0.383. The SMILES string of the molecule is CCCCCCC(C#CO[SiH](C)C)C(C)(C)C. The molecule has 0 saturated heterocycles. The Morgan fingerprint density at radius 1 is 1.12 bits per heavy atom. The molecule has 0 fully saturated rings. The van der Waals surface area contributed by atoms with Crippen molar-refractivity contribution < 1.29 is 4.43 Å². The fraction of sp³-hybridized carbons (Fsp3) is 0.867. The van der Waals surface area contributed by atoms with Gasteiger partial charge in [0.1, 0.15) is 0 Å². The molecule has 0 saturated carbocycles. The molecule has 0 heterocycles. The second kappa shape index (κ2) is 8.64. The molecule has 0 bridgehead atoms. The van der Waals surface area contributed by atoms with Crippen LogP contribution >= 0.6 is 0 Å². The summed E-state index contributed by atoms with van der Waals surface area (Å²) >= 11 is 0. The Labute approximate surface area is 110 Å². The van der Waals surface area contributed by atoms with Crippen LogP contribution in [-0.4, -0.2) is 9.04 Å². The van der Waals surface area contributed by atoms with E-state index < -0.39 is 9.04 Å². The van der Waals surface area contributed by atoms with Crippen molar-refractivity contribution in [3.63, 3.8) is 0 Å². The normalized spacial score (nSPS) is 13.1. The molecule has 1 atom stereocenters. The third-order valence-electron chi connectivity index (χ3n) is 2.92. The molecule has 17 heavy (non-hydrogen) atoms. The van der Waals surface area contributed by atoms with E-state index in [9.17, 15) is 0 Å². The molecule has 1 unspecified atom stereocenters. The van der Waals surface area contributed by atoms with Crippen molar-refractivity contribution in [1.29, 1.82) is 0 Å². The second-order valence-corrected chi connectivity index (χ2v) is 8.51. The largest absolute Gasteiger partial charge is 0.505 e. The van der Waals surface area contributed by atoms with Crippen LogP contribution in [0.4, 0.5) is 0 Å². The smallest absolute Gasteiger partial charge is 0.244 e. The Hall–Kier alpha value is -0.423. The van der Waals surface area contributed by atoms with E-state index in [0.29, 0.717) is 5.92 Å². The standard InChI is InChI=1S/C15H30OSi/c1-7-8-9-10-11-14(15(2,3)4)12-13-16-17(5)6/h14,17H,7-11H2,1-6H3. The van der Waals surface area contributed by atoms with E-state index in [2.05, 4.69) is 52.8 Å². The van der Waals surface area contributed by atoms with Gasteiger partial charge in [0, 0.05) is 5.92 Å². The van der Waals surface area contributed by atoms with Crippen molar-refractivity contribution in [2.75, 3.05) is 0 Å². The minimum atomic E-state index is -0.995. The topological polar surface area (TPSA) is 9.23 Å². The van der Waals surface area contributed by atoms with Crippen LogP contribution in [0.25, 0.3) is 0 Å². The predicted octanol–water partition coefficient (Wildman–Crippen LogP) is 4.58. The van der Waals surface area contributed by atoms with Gasteiger partial charge in [-0.25, -0.2) is 0 Å². The summed E-state index contributed by atoms with van der Waals surface area (Å²) in [5.74, 6) is 3.80. The molecule has 0 aliphatic rings. The van der Waals surface area contributed by atoms with E-state index in [1.807, 2.05) is 0 Å². The molecule has 0 aromatic carbocycles. The fourth-order valence-electron chi connectivity index (χ4n) is 1.72. The molecule has 0 N–H and O–H groups in total. The minimum absolute atomic E-state index is 0.265. The van der Waals surface area contributed by atoms with Crippen molar-refractivity contribution >= 4 is 9.04 Å². The molecule has 0 spiro atoms. The molecule has 100 valence electrons. The van der Waals surface area contributed by atoms with Gasteiger partial charge in [0.25, 0.3) is 0 Å². The molecular weight excluding hydrogens is 224 g/mol.